The molecular formula is C19H17ClN4O. The number of amides is 1. The van der Waals surface area contributed by atoms with Crippen LogP contribution in [-0.2, 0) is 0 Å². The number of rotatable bonds is 4. The molecule has 1 heterocycles. The summed E-state index contributed by atoms with van der Waals surface area (Å²) in [6, 6.07) is 13.0. The van der Waals surface area contributed by atoms with Crippen LogP contribution >= 0.6 is 11.6 Å². The summed E-state index contributed by atoms with van der Waals surface area (Å²) in [6.45, 7) is 3.98. The molecule has 126 valence electrons. The number of carbonyl (C=O) groups is 1. The van der Waals surface area contributed by atoms with Crippen LogP contribution < -0.4 is 10.6 Å². The van der Waals surface area contributed by atoms with Crippen molar-refractivity contribution in [3.8, 4) is 0 Å². The van der Waals surface area contributed by atoms with Gasteiger partial charge in [-0.25, -0.2) is 9.97 Å². The van der Waals surface area contributed by atoms with Crippen LogP contribution in [0.3, 0.4) is 0 Å². The Morgan fingerprint density at radius 1 is 1.00 bits per heavy atom. The van der Waals surface area contributed by atoms with E-state index in [9.17, 15) is 4.79 Å². The lowest BCUT2D eigenvalue weighted by atomic mass is 10.1. The molecule has 3 aromatic rings. The van der Waals surface area contributed by atoms with E-state index < -0.39 is 0 Å². The number of nitrogens with one attached hydrogen (secondary N) is 2. The molecule has 0 saturated carbocycles. The molecule has 6 heteroatoms. The monoisotopic (exact) mass is 352 g/mol. The van der Waals surface area contributed by atoms with Gasteiger partial charge < -0.3 is 10.6 Å². The van der Waals surface area contributed by atoms with Crippen molar-refractivity contribution in [2.75, 3.05) is 10.6 Å². The topological polar surface area (TPSA) is 66.9 Å². The van der Waals surface area contributed by atoms with Gasteiger partial charge in [0, 0.05) is 28.8 Å². The van der Waals surface area contributed by atoms with Crippen LogP contribution in [0.4, 0.5) is 17.3 Å². The first-order chi connectivity index (χ1) is 12.0. The molecule has 0 atom stereocenters. The second-order valence-electron chi connectivity index (χ2n) is 5.63. The standard InChI is InChI=1S/C19H17ClN4O/c1-12-4-3-5-17(13(12)2)24-18(25)14-10-21-19(22-11-14)23-16-8-6-15(20)7-9-16/h3-11H,1-2H3,(H,24,25)(H,21,22,23). The Kier molecular flexibility index (Phi) is 4.95. The fourth-order valence-electron chi connectivity index (χ4n) is 2.25. The molecule has 0 saturated heterocycles. The number of anilines is 3. The molecule has 25 heavy (non-hydrogen) atoms. The fraction of sp³-hybridized carbons (Fsp3) is 0.105. The van der Waals surface area contributed by atoms with E-state index in [4.69, 9.17) is 11.6 Å². The largest absolute Gasteiger partial charge is 0.324 e. The zero-order chi connectivity index (χ0) is 17.8. The number of hydrogen-bond acceptors (Lipinski definition) is 4. The minimum absolute atomic E-state index is 0.244. The summed E-state index contributed by atoms with van der Waals surface area (Å²) in [4.78, 5) is 20.7. The van der Waals surface area contributed by atoms with Gasteiger partial charge in [-0.15, -0.1) is 0 Å². The van der Waals surface area contributed by atoms with Gasteiger partial charge in [-0.2, -0.15) is 0 Å². The molecule has 0 aliphatic heterocycles. The molecule has 0 bridgehead atoms. The quantitative estimate of drug-likeness (QED) is 0.711. The van der Waals surface area contributed by atoms with Crippen molar-refractivity contribution in [2.45, 2.75) is 13.8 Å². The van der Waals surface area contributed by atoms with Gasteiger partial charge in [0.2, 0.25) is 5.95 Å². The molecule has 1 aromatic heterocycles. The molecule has 5 nitrogen and oxygen atoms in total. The van der Waals surface area contributed by atoms with E-state index in [1.54, 1.807) is 12.1 Å². The van der Waals surface area contributed by atoms with Crippen LogP contribution in [0.5, 0.6) is 0 Å². The van der Waals surface area contributed by atoms with Gasteiger partial charge in [-0.3, -0.25) is 4.79 Å². The molecule has 0 unspecified atom stereocenters. The van der Waals surface area contributed by atoms with Gasteiger partial charge in [0.15, 0.2) is 0 Å². The van der Waals surface area contributed by atoms with E-state index in [1.807, 2.05) is 44.2 Å². The number of nitrogens with zero attached hydrogens (tertiary/aromatic N) is 2. The summed E-state index contributed by atoms with van der Waals surface area (Å²) in [5.74, 6) is 0.164. The Labute approximate surface area is 151 Å². The molecule has 0 aliphatic carbocycles. The minimum atomic E-state index is -0.244. The van der Waals surface area contributed by atoms with Crippen molar-refractivity contribution in [3.63, 3.8) is 0 Å². The molecule has 0 fully saturated rings. The van der Waals surface area contributed by atoms with Crippen molar-refractivity contribution < 1.29 is 4.79 Å². The van der Waals surface area contributed by atoms with Crippen LogP contribution in [0.1, 0.15) is 21.5 Å². The third kappa shape index (κ3) is 4.14. The second kappa shape index (κ2) is 7.32. The highest BCUT2D eigenvalue weighted by atomic mass is 35.5. The zero-order valence-electron chi connectivity index (χ0n) is 13.9. The van der Waals surface area contributed by atoms with Crippen molar-refractivity contribution in [2.24, 2.45) is 0 Å². The molecule has 0 radical (unpaired) electrons. The van der Waals surface area contributed by atoms with E-state index in [0.717, 1.165) is 22.5 Å². The molecule has 2 aromatic carbocycles. The molecular weight excluding hydrogens is 336 g/mol. The molecule has 3 rings (SSSR count). The van der Waals surface area contributed by atoms with Gasteiger partial charge >= 0.3 is 0 Å². The van der Waals surface area contributed by atoms with Crippen LogP contribution in [0.2, 0.25) is 5.02 Å². The summed E-state index contributed by atoms with van der Waals surface area (Å²) >= 11 is 5.85. The number of halogens is 1. The van der Waals surface area contributed by atoms with Crippen molar-refractivity contribution in [1.29, 1.82) is 0 Å². The summed E-state index contributed by atoms with van der Waals surface area (Å²) < 4.78 is 0. The number of benzene rings is 2. The van der Waals surface area contributed by atoms with Crippen molar-refractivity contribution >= 4 is 34.8 Å². The molecule has 2 N–H and O–H groups in total. The van der Waals surface area contributed by atoms with Crippen LogP contribution in [0.15, 0.2) is 54.9 Å². The smallest absolute Gasteiger partial charge is 0.258 e. The third-order valence-electron chi connectivity index (χ3n) is 3.87. The van der Waals surface area contributed by atoms with Gasteiger partial charge in [0.05, 0.1) is 5.56 Å². The lowest BCUT2D eigenvalue weighted by molar-refractivity contribution is 0.102. The van der Waals surface area contributed by atoms with E-state index >= 15 is 0 Å². The van der Waals surface area contributed by atoms with Crippen LogP contribution in [-0.4, -0.2) is 15.9 Å². The van der Waals surface area contributed by atoms with E-state index in [0.29, 0.717) is 16.5 Å². The van der Waals surface area contributed by atoms with Crippen LogP contribution in [0, 0.1) is 13.8 Å². The maximum Gasteiger partial charge on any atom is 0.258 e. The molecule has 0 aliphatic rings. The van der Waals surface area contributed by atoms with Gasteiger partial charge in [-0.1, -0.05) is 23.7 Å². The summed E-state index contributed by atoms with van der Waals surface area (Å²) in [5, 5.41) is 6.60. The van der Waals surface area contributed by atoms with Crippen molar-refractivity contribution in [1.82, 2.24) is 9.97 Å². The number of hydrogen-bond donors (Lipinski definition) is 2. The summed E-state index contributed by atoms with van der Waals surface area (Å²) in [7, 11) is 0. The third-order valence-corrected chi connectivity index (χ3v) is 4.12. The average Bonchev–Trinajstić information content (AvgIpc) is 2.61. The Balaban J connectivity index is 1.70. The minimum Gasteiger partial charge on any atom is -0.324 e. The Morgan fingerprint density at radius 3 is 2.36 bits per heavy atom. The van der Waals surface area contributed by atoms with Gasteiger partial charge in [0.25, 0.3) is 5.91 Å². The Morgan fingerprint density at radius 2 is 1.68 bits per heavy atom. The van der Waals surface area contributed by atoms with E-state index in [-0.39, 0.29) is 5.91 Å². The maximum atomic E-state index is 12.4. The zero-order valence-corrected chi connectivity index (χ0v) is 14.6. The maximum absolute atomic E-state index is 12.4. The summed E-state index contributed by atoms with van der Waals surface area (Å²) in [6.07, 6.45) is 2.98. The van der Waals surface area contributed by atoms with Crippen LogP contribution in [0.25, 0.3) is 0 Å². The van der Waals surface area contributed by atoms with E-state index in [1.165, 1.54) is 12.4 Å². The first-order valence-electron chi connectivity index (χ1n) is 7.75. The average molecular weight is 353 g/mol. The fourth-order valence-corrected chi connectivity index (χ4v) is 2.38. The predicted octanol–water partition coefficient (Wildman–Crippen LogP) is 4.74. The SMILES string of the molecule is Cc1cccc(NC(=O)c2cnc(Nc3ccc(Cl)cc3)nc2)c1C. The predicted molar refractivity (Wildman–Crippen MR) is 101 cm³/mol. The highest BCUT2D eigenvalue weighted by Gasteiger charge is 2.10. The number of aryl methyl sites for hydroxylation is 1. The second-order valence-corrected chi connectivity index (χ2v) is 6.07. The highest BCUT2D eigenvalue weighted by Crippen LogP contribution is 2.19. The molecule has 0 spiro atoms. The number of aromatic nitrogens is 2. The highest BCUT2D eigenvalue weighted by molar-refractivity contribution is 6.30. The Hall–Kier alpha value is -2.92. The first-order valence-corrected chi connectivity index (χ1v) is 8.13. The van der Waals surface area contributed by atoms with Crippen molar-refractivity contribution in [3.05, 3.63) is 76.6 Å². The lowest BCUT2D eigenvalue weighted by Gasteiger charge is -2.10. The first kappa shape index (κ1) is 16.9. The normalized spacial score (nSPS) is 10.4. The van der Waals surface area contributed by atoms with E-state index in [2.05, 4.69) is 20.6 Å². The van der Waals surface area contributed by atoms with Gasteiger partial charge in [0.1, 0.15) is 0 Å². The van der Waals surface area contributed by atoms with Gasteiger partial charge in [-0.05, 0) is 55.3 Å². The lowest BCUT2D eigenvalue weighted by Crippen LogP contribution is -2.14. The Bertz CT molecular complexity index is 892. The molecule has 1 amide bonds. The summed E-state index contributed by atoms with van der Waals surface area (Å²) in [5.41, 5.74) is 4.15. The number of carbonyl (C=O) groups excluding carboxylic acids is 1.